The van der Waals surface area contributed by atoms with Gasteiger partial charge in [-0.15, -0.1) is 0 Å². The third-order valence-electron chi connectivity index (χ3n) is 5.87. The predicted molar refractivity (Wildman–Crippen MR) is 98.6 cm³/mol. The van der Waals surface area contributed by atoms with E-state index in [1.54, 1.807) is 0 Å². The molecule has 0 radical (unpaired) electrons. The standard InChI is InChI=1S/C19H20N6O/c1-9-7-25-8-15(21-18(25)11(3)10(9)2)12-4-5-13(12)16-22-17-14(6-20-24-17)19(26)23-16/h6-8,12-13H,4-5H2,1-3H3,(H2,20,22,23,24,26)/t12-,13-/m1/s1/i/hD. The SMILES string of the molecule is [2H]n1ncc2c(=O)[nH]c([C@@H]3CC[C@H]3c3cn4cc(C)c(C)c(C)c4n3)nc21. The summed E-state index contributed by atoms with van der Waals surface area (Å²) in [4.78, 5) is 24.6. The first-order valence-electron chi connectivity index (χ1n) is 9.31. The Morgan fingerprint density at radius 2 is 1.96 bits per heavy atom. The van der Waals surface area contributed by atoms with E-state index in [-0.39, 0.29) is 17.4 Å². The molecule has 7 heteroatoms. The van der Waals surface area contributed by atoms with Gasteiger partial charge in [0.05, 0.1) is 11.9 Å². The molecule has 132 valence electrons. The molecule has 1 fully saturated rings. The van der Waals surface area contributed by atoms with Crippen molar-refractivity contribution in [2.24, 2.45) is 0 Å². The first kappa shape index (κ1) is 14.2. The van der Waals surface area contributed by atoms with Gasteiger partial charge < -0.3 is 9.38 Å². The van der Waals surface area contributed by atoms with Crippen molar-refractivity contribution in [1.82, 2.24) is 29.5 Å². The van der Waals surface area contributed by atoms with Gasteiger partial charge in [-0.25, -0.2) is 9.97 Å². The maximum Gasteiger partial charge on any atom is 0.262 e. The van der Waals surface area contributed by atoms with Crippen molar-refractivity contribution >= 4 is 16.7 Å². The minimum atomic E-state index is -0.240. The molecular weight excluding hydrogens is 328 g/mol. The highest BCUT2D eigenvalue weighted by Gasteiger charge is 2.37. The van der Waals surface area contributed by atoms with Crippen LogP contribution in [0.5, 0.6) is 0 Å². The lowest BCUT2D eigenvalue weighted by atomic mass is 9.71. The molecule has 0 unspecified atom stereocenters. The van der Waals surface area contributed by atoms with E-state index in [1.165, 1.54) is 22.9 Å². The second-order valence-corrected chi connectivity index (χ2v) is 7.28. The highest BCUT2D eigenvalue weighted by molar-refractivity contribution is 5.72. The number of rotatable bonds is 2. The zero-order valence-corrected chi connectivity index (χ0v) is 14.9. The van der Waals surface area contributed by atoms with Crippen LogP contribution in [0.1, 0.15) is 52.9 Å². The second kappa shape index (κ2) is 5.27. The van der Waals surface area contributed by atoms with Gasteiger partial charge in [0.2, 0.25) is 0 Å². The van der Waals surface area contributed by atoms with Crippen LogP contribution < -0.4 is 5.56 Å². The van der Waals surface area contributed by atoms with Gasteiger partial charge in [-0.2, -0.15) is 5.10 Å². The first-order valence-corrected chi connectivity index (χ1v) is 8.86. The van der Waals surface area contributed by atoms with E-state index in [9.17, 15) is 4.79 Å². The van der Waals surface area contributed by atoms with Gasteiger partial charge >= 0.3 is 0 Å². The largest absolute Gasteiger partial charge is 0.310 e. The van der Waals surface area contributed by atoms with Crippen molar-refractivity contribution < 1.29 is 1.41 Å². The van der Waals surface area contributed by atoms with E-state index in [0.717, 1.165) is 29.3 Å². The molecule has 1 aliphatic carbocycles. The lowest BCUT2D eigenvalue weighted by Gasteiger charge is -2.34. The molecule has 26 heavy (non-hydrogen) atoms. The van der Waals surface area contributed by atoms with Crippen LogP contribution in [-0.2, 0) is 0 Å². The second-order valence-electron chi connectivity index (χ2n) is 7.28. The lowest BCUT2D eigenvalue weighted by Crippen LogP contribution is -2.26. The third-order valence-corrected chi connectivity index (χ3v) is 5.87. The Morgan fingerprint density at radius 1 is 1.15 bits per heavy atom. The number of imidazole rings is 1. The van der Waals surface area contributed by atoms with E-state index >= 15 is 0 Å². The number of hydrogen-bond acceptors (Lipinski definition) is 4. The minimum Gasteiger partial charge on any atom is -0.310 e. The van der Waals surface area contributed by atoms with E-state index < -0.39 is 0 Å². The summed E-state index contributed by atoms with van der Waals surface area (Å²) < 4.78 is 9.88. The molecule has 0 amide bonds. The van der Waals surface area contributed by atoms with Crippen LogP contribution in [-0.4, -0.2) is 29.5 Å². The highest BCUT2D eigenvalue weighted by atomic mass is 16.1. The first-order chi connectivity index (χ1) is 12.9. The van der Waals surface area contributed by atoms with Crippen LogP contribution in [0.3, 0.4) is 0 Å². The smallest absolute Gasteiger partial charge is 0.262 e. The van der Waals surface area contributed by atoms with Gasteiger partial charge in [0, 0.05) is 24.2 Å². The summed E-state index contributed by atoms with van der Waals surface area (Å²) in [6.45, 7) is 6.34. The fourth-order valence-corrected chi connectivity index (χ4v) is 3.91. The fourth-order valence-electron chi connectivity index (χ4n) is 3.91. The number of aryl methyl sites for hydroxylation is 2. The van der Waals surface area contributed by atoms with Crippen molar-refractivity contribution in [3.63, 3.8) is 0 Å². The van der Waals surface area contributed by atoms with Crippen molar-refractivity contribution in [1.29, 1.82) is 0 Å². The van der Waals surface area contributed by atoms with E-state index in [1.807, 2.05) is 0 Å². The third kappa shape index (κ3) is 2.06. The number of aromatic nitrogens is 6. The highest BCUT2D eigenvalue weighted by Crippen LogP contribution is 2.47. The molecule has 0 saturated heterocycles. The van der Waals surface area contributed by atoms with E-state index in [0.29, 0.717) is 16.9 Å². The Morgan fingerprint density at radius 3 is 2.73 bits per heavy atom. The van der Waals surface area contributed by atoms with Crippen LogP contribution in [0.25, 0.3) is 16.7 Å². The molecule has 0 aliphatic heterocycles. The molecule has 2 N–H and O–H groups in total. The molecule has 1 saturated carbocycles. The quantitative estimate of drug-likeness (QED) is 0.582. The van der Waals surface area contributed by atoms with Crippen LogP contribution in [0.4, 0.5) is 0 Å². The molecule has 0 spiro atoms. The van der Waals surface area contributed by atoms with Crippen LogP contribution in [0.15, 0.2) is 23.4 Å². The van der Waals surface area contributed by atoms with Gasteiger partial charge in [0.15, 0.2) is 7.06 Å². The molecule has 0 aromatic carbocycles. The van der Waals surface area contributed by atoms with Crippen LogP contribution in [0, 0.1) is 20.8 Å². The molecule has 4 heterocycles. The zero-order valence-electron chi connectivity index (χ0n) is 15.9. The van der Waals surface area contributed by atoms with Gasteiger partial charge in [0.1, 0.15) is 16.9 Å². The maximum atomic E-state index is 12.3. The Kier molecular flexibility index (Phi) is 2.88. The average Bonchev–Trinajstić information content (AvgIpc) is 3.17. The molecule has 1 aliphatic rings. The molecule has 4 aromatic rings. The van der Waals surface area contributed by atoms with Crippen LogP contribution >= 0.6 is 0 Å². The summed E-state index contributed by atoms with van der Waals surface area (Å²) >= 11 is 0. The molecule has 0 bridgehead atoms. The van der Waals surface area contributed by atoms with Crippen molar-refractivity contribution in [3.8, 4) is 0 Å². The number of H-pyrrole nitrogens is 2. The summed E-state index contributed by atoms with van der Waals surface area (Å²) in [5.41, 5.74) is 5.79. The Balaban J connectivity index is 1.58. The number of nitrogens with zero attached hydrogens (tertiary/aromatic N) is 4. The summed E-state index contributed by atoms with van der Waals surface area (Å²) in [7, 11) is 0. The fraction of sp³-hybridized carbons (Fsp3) is 0.368. The molecule has 2 atom stereocenters. The Hall–Kier alpha value is -2.96. The summed E-state index contributed by atoms with van der Waals surface area (Å²) in [5, 5.41) is 5.07. The topological polar surface area (TPSA) is 91.7 Å². The number of hydrogen-bond donors (Lipinski definition) is 2. The number of fused-ring (bicyclic) bond motifs is 2. The van der Waals surface area contributed by atoms with Crippen LogP contribution in [0.2, 0.25) is 1.41 Å². The van der Waals surface area contributed by atoms with Gasteiger partial charge in [0.25, 0.3) is 5.56 Å². The van der Waals surface area contributed by atoms with E-state index in [2.05, 4.69) is 52.6 Å². The zero-order chi connectivity index (χ0) is 18.9. The van der Waals surface area contributed by atoms with Crippen molar-refractivity contribution in [3.05, 3.63) is 57.2 Å². The Bertz CT molecular complexity index is 1270. The maximum absolute atomic E-state index is 12.3. The number of aromatic amines is 2. The molecule has 4 aromatic heterocycles. The lowest BCUT2D eigenvalue weighted by molar-refractivity contribution is 0.327. The number of nitrogens with one attached hydrogen (secondary N) is 2. The van der Waals surface area contributed by atoms with E-state index in [4.69, 9.17) is 6.40 Å². The molecule has 5 rings (SSSR count). The summed E-state index contributed by atoms with van der Waals surface area (Å²) in [5.74, 6) is 0.941. The normalized spacial score (nSPS) is 20.5. The summed E-state index contributed by atoms with van der Waals surface area (Å²) in [6.07, 6.45) is 7.54. The monoisotopic (exact) mass is 349 g/mol. The average molecular weight is 349 g/mol. The van der Waals surface area contributed by atoms with Gasteiger partial charge in [-0.1, -0.05) is 0 Å². The Labute approximate surface area is 151 Å². The summed E-state index contributed by atoms with van der Waals surface area (Å²) in [6, 6.07) is 0. The minimum absolute atomic E-state index is 0.101. The van der Waals surface area contributed by atoms with Gasteiger partial charge in [-0.05, 0) is 50.3 Å². The van der Waals surface area contributed by atoms with Crippen molar-refractivity contribution in [2.75, 3.05) is 0 Å². The van der Waals surface area contributed by atoms with Crippen molar-refractivity contribution in [2.45, 2.75) is 45.4 Å². The van der Waals surface area contributed by atoms with Gasteiger partial charge in [-0.3, -0.25) is 9.89 Å². The number of pyridine rings is 1. The predicted octanol–water partition coefficient (Wildman–Crippen LogP) is 2.88. The molecular formula is C19H20N6O. The molecule has 7 nitrogen and oxygen atoms in total.